The van der Waals surface area contributed by atoms with Crippen LogP contribution in [-0.4, -0.2) is 30.1 Å². The first-order chi connectivity index (χ1) is 10.1. The monoisotopic (exact) mass is 346 g/mol. The fraction of sp³-hybridized carbons (Fsp3) is 0.357. The summed E-state index contributed by atoms with van der Waals surface area (Å²) in [5, 5.41) is 5.07. The van der Waals surface area contributed by atoms with Crippen molar-refractivity contribution in [2.75, 3.05) is 6.61 Å². The van der Waals surface area contributed by atoms with Gasteiger partial charge in [0.15, 0.2) is 6.61 Å². The van der Waals surface area contributed by atoms with Gasteiger partial charge in [0.1, 0.15) is 0 Å². The summed E-state index contributed by atoms with van der Waals surface area (Å²) >= 11 is 11.6. The molecule has 0 heterocycles. The number of esters is 1. The van der Waals surface area contributed by atoms with Gasteiger partial charge in [-0.3, -0.25) is 10.1 Å². The Hall–Kier alpha value is -1.79. The van der Waals surface area contributed by atoms with E-state index in [9.17, 15) is 14.4 Å². The molecule has 0 aromatic heterocycles. The van der Waals surface area contributed by atoms with Gasteiger partial charge < -0.3 is 10.1 Å². The molecule has 0 radical (unpaired) electrons. The zero-order valence-electron chi connectivity index (χ0n) is 12.3. The first kappa shape index (κ1) is 18.3. The van der Waals surface area contributed by atoms with E-state index in [0.717, 1.165) is 0 Å². The van der Waals surface area contributed by atoms with Gasteiger partial charge in [-0.15, -0.1) is 0 Å². The molecule has 0 saturated heterocycles. The van der Waals surface area contributed by atoms with Gasteiger partial charge in [0, 0.05) is 10.6 Å². The maximum Gasteiger partial charge on any atom is 0.340 e. The quantitative estimate of drug-likeness (QED) is 0.824. The molecule has 0 aliphatic rings. The number of imide groups is 1. The summed E-state index contributed by atoms with van der Waals surface area (Å²) in [6.07, 6.45) is 0. The molecule has 22 heavy (non-hydrogen) atoms. The Morgan fingerprint density at radius 2 is 1.82 bits per heavy atom. The average Bonchev–Trinajstić information content (AvgIpc) is 2.33. The van der Waals surface area contributed by atoms with Gasteiger partial charge in [-0.05, 0) is 39.0 Å². The molecule has 0 saturated carbocycles. The maximum absolute atomic E-state index is 11.8. The van der Waals surface area contributed by atoms with E-state index in [0.29, 0.717) is 5.02 Å². The number of hydrogen-bond donors (Lipinski definition) is 2. The number of amides is 3. The molecule has 3 amide bonds. The summed E-state index contributed by atoms with van der Waals surface area (Å²) in [6, 6.07) is 3.58. The van der Waals surface area contributed by atoms with Crippen molar-refractivity contribution in [2.24, 2.45) is 0 Å². The number of halogens is 2. The van der Waals surface area contributed by atoms with E-state index in [1.807, 2.05) is 5.32 Å². The second-order valence-corrected chi connectivity index (χ2v) is 6.30. The summed E-state index contributed by atoms with van der Waals surface area (Å²) in [5.41, 5.74) is -0.407. The van der Waals surface area contributed by atoms with Crippen LogP contribution in [0.25, 0.3) is 0 Å². The van der Waals surface area contributed by atoms with Crippen molar-refractivity contribution in [3.63, 3.8) is 0 Å². The van der Waals surface area contributed by atoms with E-state index in [2.05, 4.69) is 5.32 Å². The Morgan fingerprint density at radius 1 is 1.18 bits per heavy atom. The molecule has 1 aromatic carbocycles. The van der Waals surface area contributed by atoms with E-state index in [4.69, 9.17) is 27.9 Å². The molecular formula is C14H16Cl2N2O4. The van der Waals surface area contributed by atoms with E-state index in [1.165, 1.54) is 18.2 Å². The molecule has 1 aromatic rings. The third-order valence-corrected chi connectivity index (χ3v) is 2.77. The van der Waals surface area contributed by atoms with Crippen LogP contribution in [0, 0.1) is 0 Å². The van der Waals surface area contributed by atoms with Crippen LogP contribution in [0.3, 0.4) is 0 Å². The fourth-order valence-electron chi connectivity index (χ4n) is 1.40. The largest absolute Gasteiger partial charge is 0.452 e. The van der Waals surface area contributed by atoms with Crippen molar-refractivity contribution in [1.29, 1.82) is 0 Å². The zero-order valence-corrected chi connectivity index (χ0v) is 13.8. The lowest BCUT2D eigenvalue weighted by molar-refractivity contribution is -0.123. The number of carbonyl (C=O) groups is 3. The van der Waals surface area contributed by atoms with Crippen molar-refractivity contribution >= 4 is 41.1 Å². The normalized spacial score (nSPS) is 10.8. The van der Waals surface area contributed by atoms with Crippen molar-refractivity contribution in [3.05, 3.63) is 33.8 Å². The predicted octanol–water partition coefficient (Wildman–Crippen LogP) is 2.77. The van der Waals surface area contributed by atoms with Crippen LogP contribution in [0.15, 0.2) is 18.2 Å². The minimum Gasteiger partial charge on any atom is -0.452 e. The van der Waals surface area contributed by atoms with Gasteiger partial charge in [-0.1, -0.05) is 23.2 Å². The predicted molar refractivity (Wildman–Crippen MR) is 83.2 cm³/mol. The highest BCUT2D eigenvalue weighted by atomic mass is 35.5. The Labute approximate surface area is 138 Å². The van der Waals surface area contributed by atoms with Crippen molar-refractivity contribution in [3.8, 4) is 0 Å². The van der Waals surface area contributed by atoms with Crippen molar-refractivity contribution < 1.29 is 19.1 Å². The molecule has 0 bridgehead atoms. The number of ether oxygens (including phenoxy) is 1. The SMILES string of the molecule is CC(C)(C)NC(=O)NC(=O)COC(=O)c1ccc(Cl)cc1Cl. The van der Waals surface area contributed by atoms with Crippen LogP contribution < -0.4 is 10.6 Å². The molecule has 2 N–H and O–H groups in total. The third kappa shape index (κ3) is 6.32. The number of benzene rings is 1. The lowest BCUT2D eigenvalue weighted by Crippen LogP contribution is -2.49. The van der Waals surface area contributed by atoms with Crippen LogP contribution in [0.5, 0.6) is 0 Å². The first-order valence-electron chi connectivity index (χ1n) is 6.32. The molecule has 1 rings (SSSR count). The standard InChI is InChI=1S/C14H16Cl2N2O4/c1-14(2,3)18-13(21)17-11(19)7-22-12(20)9-5-4-8(15)6-10(9)16/h4-6H,7H2,1-3H3,(H2,17,18,19,21). The summed E-state index contributed by atoms with van der Waals surface area (Å²) in [5.74, 6) is -1.53. The lowest BCUT2D eigenvalue weighted by Gasteiger charge is -2.20. The number of rotatable bonds is 3. The van der Waals surface area contributed by atoms with Crippen LogP contribution >= 0.6 is 23.2 Å². The second-order valence-electron chi connectivity index (χ2n) is 5.45. The van der Waals surface area contributed by atoms with Gasteiger partial charge in [0.25, 0.3) is 5.91 Å². The molecule has 0 aliphatic heterocycles. The molecule has 0 spiro atoms. The molecule has 0 aliphatic carbocycles. The highest BCUT2D eigenvalue weighted by Crippen LogP contribution is 2.21. The van der Waals surface area contributed by atoms with Crippen molar-refractivity contribution in [1.82, 2.24) is 10.6 Å². The highest BCUT2D eigenvalue weighted by molar-refractivity contribution is 6.36. The number of hydrogen-bond acceptors (Lipinski definition) is 4. The van der Waals surface area contributed by atoms with Crippen LogP contribution in [0.1, 0.15) is 31.1 Å². The second kappa shape index (κ2) is 7.47. The molecule has 6 nitrogen and oxygen atoms in total. The summed E-state index contributed by atoms with van der Waals surface area (Å²) < 4.78 is 4.78. The Balaban J connectivity index is 2.50. The van der Waals surface area contributed by atoms with E-state index >= 15 is 0 Å². The Kier molecular flexibility index (Phi) is 6.20. The van der Waals surface area contributed by atoms with Gasteiger partial charge in [-0.25, -0.2) is 9.59 Å². The third-order valence-electron chi connectivity index (χ3n) is 2.23. The van der Waals surface area contributed by atoms with Crippen LogP contribution in [0.4, 0.5) is 4.79 Å². The maximum atomic E-state index is 11.8. The average molecular weight is 347 g/mol. The van der Waals surface area contributed by atoms with Gasteiger partial charge in [0.2, 0.25) is 0 Å². The van der Waals surface area contributed by atoms with Gasteiger partial charge in [0.05, 0.1) is 10.6 Å². The Bertz CT molecular complexity index is 597. The summed E-state index contributed by atoms with van der Waals surface area (Å²) in [4.78, 5) is 34.7. The van der Waals surface area contributed by atoms with E-state index in [-0.39, 0.29) is 10.6 Å². The molecule has 0 unspecified atom stereocenters. The summed E-state index contributed by atoms with van der Waals surface area (Å²) in [7, 11) is 0. The lowest BCUT2D eigenvalue weighted by atomic mass is 10.1. The number of nitrogens with one attached hydrogen (secondary N) is 2. The topological polar surface area (TPSA) is 84.5 Å². The van der Waals surface area contributed by atoms with Gasteiger partial charge in [-0.2, -0.15) is 0 Å². The molecular weight excluding hydrogens is 331 g/mol. The van der Waals surface area contributed by atoms with Gasteiger partial charge >= 0.3 is 12.0 Å². The minimum absolute atomic E-state index is 0.0815. The number of urea groups is 1. The fourth-order valence-corrected chi connectivity index (χ4v) is 1.88. The Morgan fingerprint density at radius 3 is 2.36 bits per heavy atom. The molecule has 8 heteroatoms. The van der Waals surface area contributed by atoms with Crippen molar-refractivity contribution in [2.45, 2.75) is 26.3 Å². The van der Waals surface area contributed by atoms with Crippen LogP contribution in [0.2, 0.25) is 10.0 Å². The van der Waals surface area contributed by atoms with E-state index in [1.54, 1.807) is 20.8 Å². The minimum atomic E-state index is -0.784. The summed E-state index contributed by atoms with van der Waals surface area (Å²) in [6.45, 7) is 4.69. The van der Waals surface area contributed by atoms with Crippen LogP contribution in [-0.2, 0) is 9.53 Å². The molecule has 0 atom stereocenters. The zero-order chi connectivity index (χ0) is 16.9. The first-order valence-corrected chi connectivity index (χ1v) is 7.08. The highest BCUT2D eigenvalue weighted by Gasteiger charge is 2.18. The molecule has 120 valence electrons. The van der Waals surface area contributed by atoms with E-state index < -0.39 is 30.1 Å². The number of carbonyl (C=O) groups excluding carboxylic acids is 3. The molecule has 0 fully saturated rings. The smallest absolute Gasteiger partial charge is 0.340 e.